The van der Waals surface area contributed by atoms with Gasteiger partial charge >= 0.3 is 6.18 Å². The summed E-state index contributed by atoms with van der Waals surface area (Å²) in [5, 5.41) is 10.8. The Bertz CT molecular complexity index is 982. The maximum atomic E-state index is 13.1. The minimum Gasteiger partial charge on any atom is -0.512 e. The molecule has 0 spiro atoms. The summed E-state index contributed by atoms with van der Waals surface area (Å²) in [5.74, 6) is 0.857. The van der Waals surface area contributed by atoms with Crippen molar-refractivity contribution in [1.82, 2.24) is 0 Å². The zero-order valence-corrected chi connectivity index (χ0v) is 19.5. The molecule has 0 aliphatic heterocycles. The van der Waals surface area contributed by atoms with E-state index >= 15 is 0 Å². The van der Waals surface area contributed by atoms with E-state index in [0.717, 1.165) is 52.1 Å². The maximum Gasteiger partial charge on any atom is 0.416 e. The molecule has 1 N–H and O–H groups in total. The molecule has 0 amide bonds. The number of Topliss-reactive ketones (excluding diaryl/α,β-unsaturated/α-hetero) is 1. The van der Waals surface area contributed by atoms with Crippen LogP contribution < -0.4 is 0 Å². The van der Waals surface area contributed by atoms with E-state index in [-0.39, 0.29) is 17.5 Å². The van der Waals surface area contributed by atoms with Crippen LogP contribution in [0.2, 0.25) is 0 Å². The summed E-state index contributed by atoms with van der Waals surface area (Å²) in [7, 11) is 0. The predicted molar refractivity (Wildman–Crippen MR) is 124 cm³/mol. The first-order valence-corrected chi connectivity index (χ1v) is 12.0. The van der Waals surface area contributed by atoms with E-state index in [1.807, 2.05) is 6.92 Å². The molecule has 0 bridgehead atoms. The number of thioether (sulfide) groups is 1. The van der Waals surface area contributed by atoms with Crippen molar-refractivity contribution in [3.8, 4) is 0 Å². The Hall–Kier alpha value is -2.21. The summed E-state index contributed by atoms with van der Waals surface area (Å²) in [6.45, 7) is 6.16. The highest BCUT2D eigenvalue weighted by Crippen LogP contribution is 2.38. The molecule has 0 aromatic heterocycles. The van der Waals surface area contributed by atoms with Crippen molar-refractivity contribution in [2.75, 3.05) is 5.75 Å². The van der Waals surface area contributed by atoms with Crippen LogP contribution in [0.5, 0.6) is 0 Å². The largest absolute Gasteiger partial charge is 0.512 e. The minimum atomic E-state index is -4.33. The van der Waals surface area contributed by atoms with Gasteiger partial charge in [-0.3, -0.25) is 4.79 Å². The molecule has 0 fully saturated rings. The molecule has 172 valence electrons. The van der Waals surface area contributed by atoms with Gasteiger partial charge in [0.2, 0.25) is 0 Å². The molecule has 32 heavy (non-hydrogen) atoms. The van der Waals surface area contributed by atoms with E-state index in [1.165, 1.54) is 23.9 Å². The molecule has 0 radical (unpaired) electrons. The third-order valence-electron chi connectivity index (χ3n) is 5.96. The standard InChI is InChI=1S/C26H29F3O2S/c1-4-18-12-16(3)13-19(5-2)24(18)25-22(30)14-17(15-23(25)31)10-11-32-21-8-6-20(7-9-21)26(27,28)29/h6-9,12-13,17,30H,4-5,10-11,14-15H2,1-3H3. The van der Waals surface area contributed by atoms with E-state index in [9.17, 15) is 23.1 Å². The minimum absolute atomic E-state index is 0.0217. The van der Waals surface area contributed by atoms with Gasteiger partial charge in [0.1, 0.15) is 5.76 Å². The van der Waals surface area contributed by atoms with Crippen LogP contribution in [-0.4, -0.2) is 16.6 Å². The van der Waals surface area contributed by atoms with Crippen LogP contribution in [0, 0.1) is 12.8 Å². The van der Waals surface area contributed by atoms with Gasteiger partial charge in [-0.05, 0) is 78.8 Å². The molecular formula is C26H29F3O2S. The molecule has 1 aliphatic rings. The average Bonchev–Trinajstić information content (AvgIpc) is 2.73. The molecule has 0 saturated carbocycles. The van der Waals surface area contributed by atoms with E-state index in [1.54, 1.807) is 0 Å². The van der Waals surface area contributed by atoms with Crippen LogP contribution in [0.1, 0.15) is 60.9 Å². The van der Waals surface area contributed by atoms with Gasteiger partial charge in [0.15, 0.2) is 5.78 Å². The Balaban J connectivity index is 1.69. The lowest BCUT2D eigenvalue weighted by Crippen LogP contribution is -2.21. The lowest BCUT2D eigenvalue weighted by atomic mass is 9.79. The molecule has 1 unspecified atom stereocenters. The maximum absolute atomic E-state index is 13.1. The summed E-state index contributed by atoms with van der Waals surface area (Å²) in [6, 6.07) is 9.32. The SMILES string of the molecule is CCc1cc(C)cc(CC)c1C1=C(O)CC(CCSc2ccc(C(F)(F)F)cc2)CC1=O. The molecule has 3 rings (SSSR count). The Morgan fingerprint density at radius 2 is 1.62 bits per heavy atom. The summed E-state index contributed by atoms with van der Waals surface area (Å²) in [4.78, 5) is 13.8. The second-order valence-electron chi connectivity index (χ2n) is 8.34. The number of aliphatic hydroxyl groups excluding tert-OH is 1. The quantitative estimate of drug-likeness (QED) is 0.431. The second-order valence-corrected chi connectivity index (χ2v) is 9.51. The van der Waals surface area contributed by atoms with Gasteiger partial charge in [-0.15, -0.1) is 11.8 Å². The van der Waals surface area contributed by atoms with E-state index < -0.39 is 11.7 Å². The number of hydrogen-bond acceptors (Lipinski definition) is 3. The zero-order chi connectivity index (χ0) is 23.5. The number of aryl methyl sites for hydroxylation is 3. The van der Waals surface area contributed by atoms with Crippen LogP contribution >= 0.6 is 11.8 Å². The van der Waals surface area contributed by atoms with Crippen molar-refractivity contribution >= 4 is 23.1 Å². The zero-order valence-electron chi connectivity index (χ0n) is 18.7. The van der Waals surface area contributed by atoms with Crippen molar-refractivity contribution in [2.24, 2.45) is 5.92 Å². The average molecular weight is 463 g/mol. The highest BCUT2D eigenvalue weighted by molar-refractivity contribution is 7.99. The van der Waals surface area contributed by atoms with Crippen LogP contribution in [0.4, 0.5) is 13.2 Å². The Kier molecular flexibility index (Phi) is 7.75. The lowest BCUT2D eigenvalue weighted by molar-refractivity contribution is -0.137. The number of alkyl halides is 3. The highest BCUT2D eigenvalue weighted by atomic mass is 32.2. The number of benzene rings is 2. The van der Waals surface area contributed by atoms with Gasteiger partial charge in [-0.2, -0.15) is 13.2 Å². The number of allylic oxidation sites excluding steroid dienone is 2. The van der Waals surface area contributed by atoms with Gasteiger partial charge in [-0.1, -0.05) is 31.5 Å². The fraction of sp³-hybridized carbons (Fsp3) is 0.423. The van der Waals surface area contributed by atoms with Crippen LogP contribution in [0.3, 0.4) is 0 Å². The number of ketones is 1. The molecule has 2 aromatic carbocycles. The highest BCUT2D eigenvalue weighted by Gasteiger charge is 2.31. The molecule has 1 aliphatic carbocycles. The van der Waals surface area contributed by atoms with Crippen molar-refractivity contribution in [1.29, 1.82) is 0 Å². The van der Waals surface area contributed by atoms with Gasteiger partial charge in [-0.25, -0.2) is 0 Å². The van der Waals surface area contributed by atoms with Crippen LogP contribution in [0.15, 0.2) is 47.1 Å². The number of carbonyl (C=O) groups excluding carboxylic acids is 1. The predicted octanol–water partition coefficient (Wildman–Crippen LogP) is 7.57. The van der Waals surface area contributed by atoms with Crippen LogP contribution in [-0.2, 0) is 23.8 Å². The Morgan fingerprint density at radius 3 is 2.12 bits per heavy atom. The first-order valence-electron chi connectivity index (χ1n) is 11.0. The fourth-order valence-electron chi connectivity index (χ4n) is 4.36. The Labute approximate surface area is 191 Å². The number of hydrogen-bond donors (Lipinski definition) is 1. The van der Waals surface area contributed by atoms with Crippen molar-refractivity contribution in [2.45, 2.75) is 63.9 Å². The van der Waals surface area contributed by atoms with Gasteiger partial charge in [0.05, 0.1) is 11.1 Å². The van der Waals surface area contributed by atoms with Gasteiger partial charge in [0.25, 0.3) is 0 Å². The third-order valence-corrected chi connectivity index (χ3v) is 7.00. The number of aliphatic hydroxyl groups is 1. The smallest absolute Gasteiger partial charge is 0.416 e. The van der Waals surface area contributed by atoms with Crippen molar-refractivity contribution in [3.05, 3.63) is 70.0 Å². The lowest BCUT2D eigenvalue weighted by Gasteiger charge is -2.26. The molecular weight excluding hydrogens is 433 g/mol. The fourth-order valence-corrected chi connectivity index (χ4v) is 5.38. The van der Waals surface area contributed by atoms with Crippen LogP contribution in [0.25, 0.3) is 5.57 Å². The second kappa shape index (κ2) is 10.2. The molecule has 2 aromatic rings. The summed E-state index contributed by atoms with van der Waals surface area (Å²) in [5.41, 5.74) is 4.06. The third kappa shape index (κ3) is 5.58. The molecule has 0 heterocycles. The molecule has 2 nitrogen and oxygen atoms in total. The summed E-state index contributed by atoms with van der Waals surface area (Å²) in [6.07, 6.45) is -1.20. The van der Waals surface area contributed by atoms with Gasteiger partial charge < -0.3 is 5.11 Å². The first-order chi connectivity index (χ1) is 15.1. The topological polar surface area (TPSA) is 37.3 Å². The molecule has 0 saturated heterocycles. The molecule has 6 heteroatoms. The number of carbonyl (C=O) groups is 1. The van der Waals surface area contributed by atoms with Crippen molar-refractivity contribution < 1.29 is 23.1 Å². The number of halogens is 3. The normalized spacial score (nSPS) is 17.2. The monoisotopic (exact) mass is 462 g/mol. The summed E-state index contributed by atoms with van der Waals surface area (Å²) < 4.78 is 38.1. The van der Waals surface area contributed by atoms with E-state index in [4.69, 9.17) is 0 Å². The summed E-state index contributed by atoms with van der Waals surface area (Å²) >= 11 is 1.47. The molecule has 1 atom stereocenters. The number of rotatable bonds is 7. The van der Waals surface area contributed by atoms with E-state index in [2.05, 4.69) is 26.0 Å². The first kappa shape index (κ1) is 24.4. The Morgan fingerprint density at radius 1 is 1.03 bits per heavy atom. The van der Waals surface area contributed by atoms with Crippen molar-refractivity contribution in [3.63, 3.8) is 0 Å². The van der Waals surface area contributed by atoms with E-state index in [0.29, 0.717) is 30.6 Å². The van der Waals surface area contributed by atoms with Gasteiger partial charge in [0, 0.05) is 17.7 Å².